The van der Waals surface area contributed by atoms with Crippen LogP contribution in [0.1, 0.15) is 63.3 Å². The van der Waals surface area contributed by atoms with Crippen molar-refractivity contribution in [1.82, 2.24) is 9.21 Å². The number of fused-ring (bicyclic) bond motifs is 1. The molecule has 3 amide bonds. The summed E-state index contributed by atoms with van der Waals surface area (Å²) in [6.07, 6.45) is 1.91. The second-order valence-corrected chi connectivity index (χ2v) is 10.1. The lowest BCUT2D eigenvalue weighted by Gasteiger charge is -2.20. The van der Waals surface area contributed by atoms with Crippen LogP contribution in [-0.4, -0.2) is 54.5 Å². The number of benzene rings is 2. The van der Waals surface area contributed by atoms with Gasteiger partial charge in [-0.1, -0.05) is 12.1 Å². The molecule has 0 radical (unpaired) electrons. The molecule has 0 saturated carbocycles. The molecule has 2 aromatic carbocycles. The van der Waals surface area contributed by atoms with Crippen LogP contribution in [0.3, 0.4) is 0 Å². The van der Waals surface area contributed by atoms with Crippen LogP contribution in [0.15, 0.2) is 41.3 Å². The summed E-state index contributed by atoms with van der Waals surface area (Å²) in [5.41, 5.74) is 1.68. The molecular weight excluding hydrogens is 430 g/mol. The SMILES string of the molecule is Cc1cccc(NC(=O)c2ccc3c(c2)S(=O)(=O)N(C(C)C)C3=O)c1C(=O)N1CCCC1. The standard InChI is InChI=1S/C23H25N3O5S/c1-14(2)26-22(28)17-10-9-16(13-19(17)32(26,30)31)21(27)24-18-8-6-7-15(3)20(18)23(29)25-11-4-5-12-25/h6-10,13-14H,4-5,11-12H2,1-3H3,(H,24,27). The predicted octanol–water partition coefficient (Wildman–Crippen LogP) is 3.04. The molecule has 2 aliphatic rings. The number of aryl methyl sites for hydroxylation is 1. The molecular formula is C23H25N3O5S. The Kier molecular flexibility index (Phi) is 5.54. The average Bonchev–Trinajstić information content (AvgIpc) is 3.33. The van der Waals surface area contributed by atoms with E-state index in [1.165, 1.54) is 18.2 Å². The number of nitrogens with zero attached hydrogens (tertiary/aromatic N) is 2. The van der Waals surface area contributed by atoms with Gasteiger partial charge in [-0.15, -0.1) is 0 Å². The van der Waals surface area contributed by atoms with Crippen LogP contribution in [-0.2, 0) is 10.0 Å². The fourth-order valence-electron chi connectivity index (χ4n) is 4.23. The number of carbonyl (C=O) groups excluding carboxylic acids is 3. The van der Waals surface area contributed by atoms with Crippen molar-refractivity contribution in [3.63, 3.8) is 0 Å². The van der Waals surface area contributed by atoms with Gasteiger partial charge in [0.1, 0.15) is 4.90 Å². The van der Waals surface area contributed by atoms with Crippen molar-refractivity contribution in [2.75, 3.05) is 18.4 Å². The molecule has 2 heterocycles. The zero-order valence-corrected chi connectivity index (χ0v) is 19.0. The lowest BCUT2D eigenvalue weighted by molar-refractivity contribution is 0.0791. The number of likely N-dealkylation sites (tertiary alicyclic amines) is 1. The van der Waals surface area contributed by atoms with Gasteiger partial charge in [-0.3, -0.25) is 14.4 Å². The molecule has 9 heteroatoms. The van der Waals surface area contributed by atoms with Gasteiger partial charge in [0.05, 0.1) is 16.8 Å². The first kappa shape index (κ1) is 22.0. The van der Waals surface area contributed by atoms with E-state index < -0.39 is 27.9 Å². The Morgan fingerprint density at radius 3 is 2.41 bits per heavy atom. The molecule has 1 saturated heterocycles. The van der Waals surface area contributed by atoms with E-state index in [2.05, 4.69) is 5.32 Å². The maximum absolute atomic E-state index is 13.0. The van der Waals surface area contributed by atoms with Crippen molar-refractivity contribution in [1.29, 1.82) is 0 Å². The van der Waals surface area contributed by atoms with Crippen LogP contribution in [0.2, 0.25) is 0 Å². The first-order chi connectivity index (χ1) is 15.1. The molecule has 0 spiro atoms. The van der Waals surface area contributed by atoms with Gasteiger partial charge < -0.3 is 10.2 Å². The van der Waals surface area contributed by atoms with Crippen LogP contribution in [0.25, 0.3) is 0 Å². The van der Waals surface area contributed by atoms with Gasteiger partial charge in [-0.05, 0) is 63.4 Å². The molecule has 0 aromatic heterocycles. The lowest BCUT2D eigenvalue weighted by atomic mass is 10.0. The molecule has 0 atom stereocenters. The van der Waals surface area contributed by atoms with Crippen molar-refractivity contribution < 1.29 is 22.8 Å². The number of rotatable bonds is 4. The minimum absolute atomic E-state index is 0.0516. The Labute approximate surface area is 187 Å². The minimum atomic E-state index is -4.02. The zero-order valence-electron chi connectivity index (χ0n) is 18.2. The summed E-state index contributed by atoms with van der Waals surface area (Å²) >= 11 is 0. The normalized spacial score (nSPS) is 17.1. The number of sulfonamides is 1. The van der Waals surface area contributed by atoms with Crippen molar-refractivity contribution >= 4 is 33.4 Å². The van der Waals surface area contributed by atoms with Crippen LogP contribution in [0.4, 0.5) is 5.69 Å². The highest BCUT2D eigenvalue weighted by molar-refractivity contribution is 7.90. The number of carbonyl (C=O) groups is 3. The molecule has 168 valence electrons. The maximum atomic E-state index is 13.0. The summed E-state index contributed by atoms with van der Waals surface area (Å²) in [6.45, 7) is 6.41. The molecule has 2 aromatic rings. The fourth-order valence-corrected chi connectivity index (χ4v) is 6.02. The van der Waals surface area contributed by atoms with E-state index in [1.807, 2.05) is 13.0 Å². The van der Waals surface area contributed by atoms with Gasteiger partial charge in [0.2, 0.25) is 0 Å². The highest BCUT2D eigenvalue weighted by Gasteiger charge is 2.43. The van der Waals surface area contributed by atoms with Crippen LogP contribution in [0, 0.1) is 6.92 Å². The molecule has 32 heavy (non-hydrogen) atoms. The van der Waals surface area contributed by atoms with Gasteiger partial charge in [-0.2, -0.15) is 0 Å². The van der Waals surface area contributed by atoms with Gasteiger partial charge in [0, 0.05) is 24.7 Å². The topological polar surface area (TPSA) is 104 Å². The lowest BCUT2D eigenvalue weighted by Crippen LogP contribution is -2.36. The van der Waals surface area contributed by atoms with E-state index in [0.717, 1.165) is 22.7 Å². The van der Waals surface area contributed by atoms with Crippen LogP contribution in [0.5, 0.6) is 0 Å². The molecule has 1 fully saturated rings. The second-order valence-electron chi connectivity index (χ2n) is 8.36. The van der Waals surface area contributed by atoms with Gasteiger partial charge in [0.25, 0.3) is 27.7 Å². The van der Waals surface area contributed by atoms with E-state index in [1.54, 1.807) is 30.9 Å². The van der Waals surface area contributed by atoms with E-state index in [0.29, 0.717) is 24.3 Å². The molecule has 2 aliphatic heterocycles. The molecule has 8 nitrogen and oxygen atoms in total. The van der Waals surface area contributed by atoms with E-state index in [-0.39, 0.29) is 21.9 Å². The second kappa shape index (κ2) is 8.05. The van der Waals surface area contributed by atoms with Crippen molar-refractivity contribution in [2.45, 2.75) is 44.6 Å². The third kappa shape index (κ3) is 3.56. The maximum Gasteiger partial charge on any atom is 0.269 e. The molecule has 0 aliphatic carbocycles. The fraction of sp³-hybridized carbons (Fsp3) is 0.348. The number of hydrogen-bond acceptors (Lipinski definition) is 5. The Bertz CT molecular complexity index is 1230. The third-order valence-electron chi connectivity index (χ3n) is 5.81. The van der Waals surface area contributed by atoms with Gasteiger partial charge >= 0.3 is 0 Å². The van der Waals surface area contributed by atoms with Crippen LogP contribution < -0.4 is 5.32 Å². The van der Waals surface area contributed by atoms with Crippen molar-refractivity contribution in [2.24, 2.45) is 0 Å². The predicted molar refractivity (Wildman–Crippen MR) is 119 cm³/mol. The largest absolute Gasteiger partial charge is 0.339 e. The average molecular weight is 456 g/mol. The number of anilines is 1. The number of nitrogens with one attached hydrogen (secondary N) is 1. The Hall–Kier alpha value is -3.20. The quantitative estimate of drug-likeness (QED) is 0.763. The number of hydrogen-bond donors (Lipinski definition) is 1. The number of amides is 3. The summed E-state index contributed by atoms with van der Waals surface area (Å²) in [6, 6.07) is 8.68. The van der Waals surface area contributed by atoms with E-state index >= 15 is 0 Å². The summed E-state index contributed by atoms with van der Waals surface area (Å²) in [4.78, 5) is 40.1. The van der Waals surface area contributed by atoms with Crippen molar-refractivity contribution in [3.8, 4) is 0 Å². The van der Waals surface area contributed by atoms with E-state index in [4.69, 9.17) is 0 Å². The van der Waals surface area contributed by atoms with Gasteiger partial charge in [-0.25, -0.2) is 12.7 Å². The first-order valence-corrected chi connectivity index (χ1v) is 12.0. The third-order valence-corrected chi connectivity index (χ3v) is 7.81. The highest BCUT2D eigenvalue weighted by atomic mass is 32.2. The van der Waals surface area contributed by atoms with Crippen LogP contribution >= 0.6 is 0 Å². The first-order valence-electron chi connectivity index (χ1n) is 10.6. The smallest absolute Gasteiger partial charge is 0.269 e. The summed E-state index contributed by atoms with van der Waals surface area (Å²) in [5.74, 6) is -1.29. The molecule has 1 N–H and O–H groups in total. The Balaban J connectivity index is 1.66. The highest BCUT2D eigenvalue weighted by Crippen LogP contribution is 2.33. The Morgan fingerprint density at radius 1 is 1.06 bits per heavy atom. The summed E-state index contributed by atoms with van der Waals surface area (Å²) in [5, 5.41) is 2.76. The molecule has 0 bridgehead atoms. The van der Waals surface area contributed by atoms with Crippen molar-refractivity contribution in [3.05, 3.63) is 58.7 Å². The summed E-state index contributed by atoms with van der Waals surface area (Å²) < 4.78 is 26.5. The van der Waals surface area contributed by atoms with Gasteiger partial charge in [0.15, 0.2) is 0 Å². The monoisotopic (exact) mass is 455 g/mol. The Morgan fingerprint density at radius 2 is 1.75 bits per heavy atom. The molecule has 4 rings (SSSR count). The van der Waals surface area contributed by atoms with E-state index in [9.17, 15) is 22.8 Å². The zero-order chi connectivity index (χ0) is 23.2. The molecule has 0 unspecified atom stereocenters. The summed E-state index contributed by atoms with van der Waals surface area (Å²) in [7, 11) is -4.02. The minimum Gasteiger partial charge on any atom is -0.339 e.